The minimum atomic E-state index is 0.0375. The summed E-state index contributed by atoms with van der Waals surface area (Å²) in [7, 11) is 1.65. The fourth-order valence-corrected chi connectivity index (χ4v) is 3.72. The highest BCUT2D eigenvalue weighted by atomic mass is 16.5. The lowest BCUT2D eigenvalue weighted by Crippen LogP contribution is -2.44. The van der Waals surface area contributed by atoms with E-state index >= 15 is 0 Å². The van der Waals surface area contributed by atoms with E-state index in [2.05, 4.69) is 64.8 Å². The largest absolute Gasteiger partial charge is 0.383 e. The van der Waals surface area contributed by atoms with Crippen LogP contribution in [0.3, 0.4) is 0 Å². The van der Waals surface area contributed by atoms with Gasteiger partial charge >= 0.3 is 0 Å². The van der Waals surface area contributed by atoms with Gasteiger partial charge in [0.15, 0.2) is 0 Å². The van der Waals surface area contributed by atoms with Gasteiger partial charge in [-0.15, -0.1) is 0 Å². The van der Waals surface area contributed by atoms with Crippen LogP contribution in [0.4, 0.5) is 0 Å². The Morgan fingerprint density at radius 2 is 1.77 bits per heavy atom. The maximum absolute atomic E-state index is 12.5. The Hall–Kier alpha value is -2.17. The Kier molecular flexibility index (Phi) is 6.81. The first-order valence-corrected chi connectivity index (χ1v) is 9.37. The summed E-state index contributed by atoms with van der Waals surface area (Å²) < 4.78 is 5.03. The maximum atomic E-state index is 12.5. The fourth-order valence-electron chi connectivity index (χ4n) is 3.72. The highest BCUT2D eigenvalue weighted by Crippen LogP contribution is 2.34. The third-order valence-corrected chi connectivity index (χ3v) is 5.07. The van der Waals surface area contributed by atoms with Crippen molar-refractivity contribution >= 4 is 5.91 Å². The molecule has 1 amide bonds. The van der Waals surface area contributed by atoms with Gasteiger partial charge in [0.05, 0.1) is 12.5 Å². The van der Waals surface area contributed by atoms with Crippen LogP contribution in [-0.4, -0.2) is 37.6 Å². The lowest BCUT2D eigenvalue weighted by molar-refractivity contribution is -0.127. The number of carbonyl (C=O) groups is 1. The number of benzene rings is 2. The minimum Gasteiger partial charge on any atom is -0.383 e. The van der Waals surface area contributed by atoms with E-state index in [0.29, 0.717) is 19.2 Å². The number of rotatable bonds is 7. The number of hydrogen-bond donors (Lipinski definition) is 1. The summed E-state index contributed by atoms with van der Waals surface area (Å²) in [5.74, 6) is 0.183. The van der Waals surface area contributed by atoms with E-state index in [1.54, 1.807) is 7.11 Å². The molecule has 0 spiro atoms. The van der Waals surface area contributed by atoms with E-state index < -0.39 is 0 Å². The first kappa shape index (κ1) is 18.6. The van der Waals surface area contributed by atoms with Gasteiger partial charge in [-0.2, -0.15) is 0 Å². The van der Waals surface area contributed by atoms with Crippen LogP contribution in [0.1, 0.15) is 30.0 Å². The van der Waals surface area contributed by atoms with Crippen LogP contribution in [0.15, 0.2) is 60.7 Å². The lowest BCUT2D eigenvalue weighted by atomic mass is 9.88. The number of amides is 1. The van der Waals surface area contributed by atoms with E-state index in [1.807, 2.05) is 6.07 Å². The molecule has 1 aliphatic heterocycles. The van der Waals surface area contributed by atoms with Crippen molar-refractivity contribution in [2.45, 2.75) is 25.4 Å². The van der Waals surface area contributed by atoms with Crippen LogP contribution in [0.5, 0.6) is 0 Å². The van der Waals surface area contributed by atoms with E-state index in [1.165, 1.54) is 11.1 Å². The third-order valence-electron chi connectivity index (χ3n) is 5.07. The Labute approximate surface area is 156 Å². The van der Waals surface area contributed by atoms with Gasteiger partial charge in [0.1, 0.15) is 0 Å². The summed E-state index contributed by atoms with van der Waals surface area (Å²) in [6.07, 6.45) is 1.92. The molecule has 0 saturated carbocycles. The quantitative estimate of drug-likeness (QED) is 0.777. The number of piperidine rings is 1. The maximum Gasteiger partial charge on any atom is 0.224 e. The summed E-state index contributed by atoms with van der Waals surface area (Å²) in [6, 6.07) is 21.5. The topological polar surface area (TPSA) is 41.6 Å². The lowest BCUT2D eigenvalue weighted by Gasteiger charge is -2.39. The molecule has 2 aromatic carbocycles. The van der Waals surface area contributed by atoms with Crippen molar-refractivity contribution in [2.24, 2.45) is 5.92 Å². The highest BCUT2D eigenvalue weighted by molar-refractivity contribution is 5.79. The van der Waals surface area contributed by atoms with Crippen LogP contribution in [0.25, 0.3) is 0 Å². The number of ether oxygens (including phenoxy) is 1. The van der Waals surface area contributed by atoms with Crippen molar-refractivity contribution in [2.75, 3.05) is 26.8 Å². The number of carbonyl (C=O) groups excluding carboxylic acids is 1. The highest BCUT2D eigenvalue weighted by Gasteiger charge is 2.32. The molecule has 4 heteroatoms. The summed E-state index contributed by atoms with van der Waals surface area (Å²) in [4.78, 5) is 15.0. The van der Waals surface area contributed by atoms with Crippen molar-refractivity contribution in [3.05, 3.63) is 71.8 Å². The van der Waals surface area contributed by atoms with E-state index in [0.717, 1.165) is 25.9 Å². The standard InChI is InChI=1S/C22H28N2O2/c1-26-15-14-23-22(25)20-12-13-21(19-10-6-3-7-11-19)24(17-20)16-18-8-4-2-5-9-18/h2-11,20-21H,12-17H2,1H3,(H,23,25). The summed E-state index contributed by atoms with van der Waals surface area (Å²) in [6.45, 7) is 2.78. The molecule has 2 unspecified atom stereocenters. The zero-order valence-electron chi connectivity index (χ0n) is 15.4. The van der Waals surface area contributed by atoms with Gasteiger partial charge < -0.3 is 10.1 Å². The Morgan fingerprint density at radius 1 is 1.08 bits per heavy atom. The van der Waals surface area contributed by atoms with E-state index in [-0.39, 0.29) is 11.8 Å². The molecular formula is C22H28N2O2. The molecule has 0 bridgehead atoms. The van der Waals surface area contributed by atoms with Crippen molar-refractivity contribution in [1.82, 2.24) is 10.2 Å². The predicted molar refractivity (Wildman–Crippen MR) is 104 cm³/mol. The molecule has 0 radical (unpaired) electrons. The third kappa shape index (κ3) is 4.93. The molecule has 0 aliphatic carbocycles. The van der Waals surface area contributed by atoms with Gasteiger partial charge in [-0.05, 0) is 24.0 Å². The zero-order valence-corrected chi connectivity index (χ0v) is 15.4. The molecule has 2 aromatic rings. The van der Waals surface area contributed by atoms with Crippen LogP contribution < -0.4 is 5.32 Å². The van der Waals surface area contributed by atoms with Gasteiger partial charge in [0.25, 0.3) is 0 Å². The average Bonchev–Trinajstić information content (AvgIpc) is 2.69. The van der Waals surface area contributed by atoms with Gasteiger partial charge in [0, 0.05) is 32.8 Å². The molecule has 1 fully saturated rings. The van der Waals surface area contributed by atoms with Gasteiger partial charge in [0.2, 0.25) is 5.91 Å². The number of likely N-dealkylation sites (tertiary alicyclic amines) is 1. The molecule has 1 N–H and O–H groups in total. The molecule has 1 aliphatic rings. The van der Waals surface area contributed by atoms with Crippen molar-refractivity contribution in [3.8, 4) is 0 Å². The van der Waals surface area contributed by atoms with Crippen LogP contribution in [-0.2, 0) is 16.1 Å². The fraction of sp³-hybridized carbons (Fsp3) is 0.409. The van der Waals surface area contributed by atoms with E-state index in [9.17, 15) is 4.79 Å². The average molecular weight is 352 g/mol. The zero-order chi connectivity index (χ0) is 18.2. The van der Waals surface area contributed by atoms with Crippen LogP contribution >= 0.6 is 0 Å². The Balaban J connectivity index is 1.72. The number of nitrogens with one attached hydrogen (secondary N) is 1. The van der Waals surface area contributed by atoms with Gasteiger partial charge in [-0.1, -0.05) is 60.7 Å². The predicted octanol–water partition coefficient (Wildman–Crippen LogP) is 3.40. The monoisotopic (exact) mass is 352 g/mol. The number of nitrogens with zero attached hydrogens (tertiary/aromatic N) is 1. The number of hydrogen-bond acceptors (Lipinski definition) is 3. The second kappa shape index (κ2) is 9.51. The van der Waals surface area contributed by atoms with Crippen molar-refractivity contribution in [3.63, 3.8) is 0 Å². The molecule has 3 rings (SSSR count). The molecule has 138 valence electrons. The summed E-state index contributed by atoms with van der Waals surface area (Å²) in [5.41, 5.74) is 2.62. The summed E-state index contributed by atoms with van der Waals surface area (Å²) >= 11 is 0. The number of methoxy groups -OCH3 is 1. The van der Waals surface area contributed by atoms with Crippen LogP contribution in [0.2, 0.25) is 0 Å². The SMILES string of the molecule is COCCNC(=O)C1CCC(c2ccccc2)N(Cc2ccccc2)C1. The molecular weight excluding hydrogens is 324 g/mol. The first-order chi connectivity index (χ1) is 12.8. The Morgan fingerprint density at radius 3 is 2.46 bits per heavy atom. The smallest absolute Gasteiger partial charge is 0.224 e. The van der Waals surface area contributed by atoms with Crippen molar-refractivity contribution in [1.29, 1.82) is 0 Å². The first-order valence-electron chi connectivity index (χ1n) is 9.37. The molecule has 26 heavy (non-hydrogen) atoms. The molecule has 1 heterocycles. The minimum absolute atomic E-state index is 0.0375. The Bertz CT molecular complexity index is 675. The van der Waals surface area contributed by atoms with E-state index in [4.69, 9.17) is 4.74 Å². The molecule has 0 aromatic heterocycles. The second-order valence-corrected chi connectivity index (χ2v) is 6.90. The van der Waals surface area contributed by atoms with Crippen LogP contribution in [0, 0.1) is 5.92 Å². The molecule has 4 nitrogen and oxygen atoms in total. The molecule has 2 atom stereocenters. The normalized spacial score (nSPS) is 20.7. The van der Waals surface area contributed by atoms with Crippen molar-refractivity contribution < 1.29 is 9.53 Å². The van der Waals surface area contributed by atoms with Gasteiger partial charge in [-0.3, -0.25) is 9.69 Å². The van der Waals surface area contributed by atoms with Gasteiger partial charge in [-0.25, -0.2) is 0 Å². The second-order valence-electron chi connectivity index (χ2n) is 6.90. The molecule has 1 saturated heterocycles. The summed E-state index contributed by atoms with van der Waals surface area (Å²) in [5, 5.41) is 3.00.